The quantitative estimate of drug-likeness (QED) is 0.214. The van der Waals surface area contributed by atoms with E-state index in [-0.39, 0.29) is 4.90 Å². The van der Waals surface area contributed by atoms with Crippen LogP contribution < -0.4 is 9.73 Å². The van der Waals surface area contributed by atoms with Gasteiger partial charge in [0.1, 0.15) is 6.54 Å². The molecule has 0 bridgehead atoms. The zero-order valence-corrected chi connectivity index (χ0v) is 24.9. The predicted octanol–water partition coefficient (Wildman–Crippen LogP) is 5.98. The molecule has 0 aliphatic heterocycles. The minimum atomic E-state index is -4.01. The number of amides is 1. The van der Waals surface area contributed by atoms with Gasteiger partial charge in [0.15, 0.2) is 0 Å². The number of carbonyl (C=O) groups is 1. The summed E-state index contributed by atoms with van der Waals surface area (Å²) >= 11 is 0. The molecule has 40 heavy (non-hydrogen) atoms. The number of nitrogens with one attached hydrogen (secondary N) is 1. The van der Waals surface area contributed by atoms with E-state index in [9.17, 15) is 13.2 Å². The van der Waals surface area contributed by atoms with Crippen LogP contribution in [0.15, 0.2) is 76.7 Å². The summed E-state index contributed by atoms with van der Waals surface area (Å²) in [5.74, 6) is -0.545. The smallest absolute Gasteiger partial charge is 0.264 e. The van der Waals surface area contributed by atoms with Crippen molar-refractivity contribution >= 4 is 27.8 Å². The van der Waals surface area contributed by atoms with Gasteiger partial charge in [0, 0.05) is 22.6 Å². The zero-order chi connectivity index (χ0) is 29.2. The number of anilines is 1. The Balaban J connectivity index is 1.59. The maximum Gasteiger partial charge on any atom is 0.264 e. The van der Waals surface area contributed by atoms with Gasteiger partial charge in [0.2, 0.25) is 0 Å². The lowest BCUT2D eigenvalue weighted by atomic mass is 10.1. The van der Waals surface area contributed by atoms with Crippen molar-refractivity contribution in [2.45, 2.75) is 53.4 Å². The largest absolute Gasteiger partial charge is 0.318 e. The fourth-order valence-corrected chi connectivity index (χ4v) is 6.31. The van der Waals surface area contributed by atoms with Crippen LogP contribution in [0.2, 0.25) is 0 Å². The van der Waals surface area contributed by atoms with E-state index >= 15 is 0 Å². The molecular formula is C32H36N4O3S. The van der Waals surface area contributed by atoms with Gasteiger partial charge in [0.25, 0.3) is 15.9 Å². The van der Waals surface area contributed by atoms with Gasteiger partial charge in [-0.3, -0.25) is 9.10 Å². The summed E-state index contributed by atoms with van der Waals surface area (Å²) in [6, 6.07) is 20.4. The molecule has 0 saturated carbocycles. The Morgan fingerprint density at radius 2 is 1.55 bits per heavy atom. The molecule has 8 heteroatoms. The van der Waals surface area contributed by atoms with Gasteiger partial charge in [-0.2, -0.15) is 5.10 Å². The summed E-state index contributed by atoms with van der Waals surface area (Å²) in [7, 11) is -4.01. The minimum absolute atomic E-state index is 0.120. The van der Waals surface area contributed by atoms with Crippen molar-refractivity contribution in [3.05, 3.63) is 111 Å². The van der Waals surface area contributed by atoms with E-state index in [1.807, 2.05) is 46.8 Å². The maximum atomic E-state index is 13.7. The monoisotopic (exact) mass is 556 g/mol. The normalized spacial score (nSPS) is 11.7. The molecule has 0 aliphatic carbocycles. The molecule has 4 aromatic rings. The molecule has 7 nitrogen and oxygen atoms in total. The van der Waals surface area contributed by atoms with Gasteiger partial charge >= 0.3 is 0 Å². The molecular weight excluding hydrogens is 520 g/mol. The average molecular weight is 557 g/mol. The first-order valence-electron chi connectivity index (χ1n) is 13.1. The fraction of sp³-hybridized carbons (Fsp3) is 0.250. The van der Waals surface area contributed by atoms with Crippen LogP contribution >= 0.6 is 0 Å². The number of hydrogen-bond donors (Lipinski definition) is 1. The highest BCUT2D eigenvalue weighted by Gasteiger charge is 2.28. The molecule has 1 heterocycles. The first-order valence-corrected chi connectivity index (χ1v) is 14.6. The van der Waals surface area contributed by atoms with E-state index < -0.39 is 22.5 Å². The molecule has 0 aliphatic rings. The van der Waals surface area contributed by atoms with E-state index in [0.717, 1.165) is 43.6 Å². The van der Waals surface area contributed by atoms with E-state index in [4.69, 9.17) is 0 Å². The fourth-order valence-electron chi connectivity index (χ4n) is 4.83. The highest BCUT2D eigenvalue weighted by atomic mass is 32.2. The molecule has 0 unspecified atom stereocenters. The maximum absolute atomic E-state index is 13.7. The van der Waals surface area contributed by atoms with Crippen LogP contribution in [0.5, 0.6) is 0 Å². The van der Waals surface area contributed by atoms with Crippen LogP contribution in [0.25, 0.3) is 5.69 Å². The lowest BCUT2D eigenvalue weighted by molar-refractivity contribution is -0.119. The van der Waals surface area contributed by atoms with Crippen molar-refractivity contribution in [3.63, 3.8) is 0 Å². The number of benzene rings is 3. The standard InChI is InChI=1S/C32H36N4O3S/c1-21-11-14-29(15-12-21)40(38,39)35(31-10-8-9-23(3)26(31)6)20-32(37)34-33-19-28-18-25(5)36(27(28)7)30-16-13-22(2)17-24(30)4/h8-19H,20H2,1-7H3,(H,34,37)/b33-19-. The summed E-state index contributed by atoms with van der Waals surface area (Å²) in [5, 5.41) is 4.18. The van der Waals surface area contributed by atoms with Gasteiger partial charge < -0.3 is 4.57 Å². The molecule has 3 aromatic carbocycles. The van der Waals surface area contributed by atoms with Gasteiger partial charge in [-0.05, 0) is 95.5 Å². The van der Waals surface area contributed by atoms with Crippen LogP contribution in [-0.2, 0) is 14.8 Å². The second kappa shape index (κ2) is 11.5. The number of aromatic nitrogens is 1. The number of sulfonamides is 1. The Morgan fingerprint density at radius 1 is 0.875 bits per heavy atom. The number of aryl methyl sites for hydroxylation is 5. The van der Waals surface area contributed by atoms with Crippen molar-refractivity contribution in [1.82, 2.24) is 9.99 Å². The van der Waals surface area contributed by atoms with Gasteiger partial charge in [0.05, 0.1) is 16.8 Å². The zero-order valence-electron chi connectivity index (χ0n) is 24.1. The Bertz CT molecular complexity index is 1700. The van der Waals surface area contributed by atoms with Crippen molar-refractivity contribution < 1.29 is 13.2 Å². The third kappa shape index (κ3) is 5.87. The first kappa shape index (κ1) is 28.8. The van der Waals surface area contributed by atoms with E-state index in [2.05, 4.69) is 47.1 Å². The highest BCUT2D eigenvalue weighted by Crippen LogP contribution is 2.29. The van der Waals surface area contributed by atoms with Crippen LogP contribution in [-0.4, -0.2) is 31.7 Å². The van der Waals surface area contributed by atoms with Crippen LogP contribution in [0, 0.1) is 48.5 Å². The van der Waals surface area contributed by atoms with Gasteiger partial charge in [-0.25, -0.2) is 13.8 Å². The van der Waals surface area contributed by atoms with Gasteiger partial charge in [-0.1, -0.05) is 47.5 Å². The van der Waals surface area contributed by atoms with Crippen LogP contribution in [0.4, 0.5) is 5.69 Å². The van der Waals surface area contributed by atoms with Crippen molar-refractivity contribution in [1.29, 1.82) is 0 Å². The van der Waals surface area contributed by atoms with Crippen molar-refractivity contribution in [3.8, 4) is 5.69 Å². The highest BCUT2D eigenvalue weighted by molar-refractivity contribution is 7.92. The van der Waals surface area contributed by atoms with Crippen molar-refractivity contribution in [2.24, 2.45) is 5.10 Å². The number of carbonyl (C=O) groups excluding carboxylic acids is 1. The summed E-state index contributed by atoms with van der Waals surface area (Å²) in [5.41, 5.74) is 12.0. The SMILES string of the molecule is Cc1ccc(S(=O)(=O)N(CC(=O)N/N=C\c2cc(C)n(-c3ccc(C)cc3C)c2C)c2cccc(C)c2C)cc1. The van der Waals surface area contributed by atoms with E-state index in [1.165, 1.54) is 11.1 Å². The summed E-state index contributed by atoms with van der Waals surface area (Å²) in [4.78, 5) is 13.2. The Labute approximate surface area is 237 Å². The van der Waals surface area contributed by atoms with Crippen LogP contribution in [0.3, 0.4) is 0 Å². The molecule has 0 saturated heterocycles. The molecule has 0 fully saturated rings. The van der Waals surface area contributed by atoms with Gasteiger partial charge in [-0.15, -0.1) is 0 Å². The topological polar surface area (TPSA) is 83.8 Å². The molecule has 0 atom stereocenters. The number of nitrogens with zero attached hydrogens (tertiary/aromatic N) is 3. The molecule has 1 aromatic heterocycles. The molecule has 0 spiro atoms. The van der Waals surface area contributed by atoms with Crippen molar-refractivity contribution in [2.75, 3.05) is 10.8 Å². The van der Waals surface area contributed by atoms with E-state index in [0.29, 0.717) is 5.69 Å². The van der Waals surface area contributed by atoms with Crippen LogP contribution in [0.1, 0.15) is 44.8 Å². The lowest BCUT2D eigenvalue weighted by Crippen LogP contribution is -2.40. The third-order valence-electron chi connectivity index (χ3n) is 7.20. The number of hydrogen-bond acceptors (Lipinski definition) is 4. The van der Waals surface area contributed by atoms with E-state index in [1.54, 1.807) is 42.6 Å². The average Bonchev–Trinajstić information content (AvgIpc) is 3.17. The molecule has 4 rings (SSSR count). The lowest BCUT2D eigenvalue weighted by Gasteiger charge is -2.26. The summed E-state index contributed by atoms with van der Waals surface area (Å²) in [6.45, 7) is 13.4. The molecule has 208 valence electrons. The second-order valence-electron chi connectivity index (χ2n) is 10.3. The summed E-state index contributed by atoms with van der Waals surface area (Å²) < 4.78 is 30.7. The summed E-state index contributed by atoms with van der Waals surface area (Å²) in [6.07, 6.45) is 1.59. The second-order valence-corrected chi connectivity index (χ2v) is 12.2. The third-order valence-corrected chi connectivity index (χ3v) is 8.97. The Hall–Kier alpha value is -4.17. The minimum Gasteiger partial charge on any atom is -0.318 e. The first-order chi connectivity index (χ1) is 18.9. The molecule has 1 amide bonds. The number of hydrazone groups is 1. The molecule has 1 N–H and O–H groups in total. The predicted molar refractivity (Wildman–Crippen MR) is 162 cm³/mol. The Morgan fingerprint density at radius 3 is 2.23 bits per heavy atom. The Kier molecular flexibility index (Phi) is 8.30. The molecule has 0 radical (unpaired) electrons. The number of rotatable bonds is 8.